The van der Waals surface area contributed by atoms with Crippen LogP contribution in [-0.2, 0) is 49.7 Å². The number of fused-ring (bicyclic) bond motifs is 1. The maximum Gasteiger partial charge on any atom is 0.433 e. The van der Waals surface area contributed by atoms with Crippen molar-refractivity contribution in [2.24, 2.45) is 20.5 Å². The first-order valence-corrected chi connectivity index (χ1v) is 21.9. The maximum absolute atomic E-state index is 13.0. The van der Waals surface area contributed by atoms with E-state index in [4.69, 9.17) is 15.0 Å². The number of aromatic hydroxyl groups is 1. The monoisotopic (exact) mass is 874 g/mol. The highest BCUT2D eigenvalue weighted by Gasteiger charge is 2.25. The van der Waals surface area contributed by atoms with Crippen LogP contribution in [0.25, 0.3) is 10.8 Å². The number of hydrogen-bond donors (Lipinski definition) is 5. The van der Waals surface area contributed by atoms with E-state index in [9.17, 15) is 47.9 Å². The maximum atomic E-state index is 13.0. The van der Waals surface area contributed by atoms with Crippen LogP contribution in [0.4, 0.5) is 28.4 Å². The molecule has 0 saturated heterocycles. The zero-order chi connectivity index (χ0) is 41.6. The Bertz CT molecular complexity index is 2750. The molecule has 0 unspecified atom stereocenters. The van der Waals surface area contributed by atoms with Gasteiger partial charge in [0, 0.05) is 27.5 Å². The number of azo groups is 2. The normalized spacial score (nSPS) is 12.7. The standard InChI is InChI=1S/C30H30N6O15S5/c1-4-36(2)11-14-53(38,39)19-6-10-25(49-3)24(16-19)33-35-29-27(55(43,44)45)17-21-20(30(29)37)7-8-22(31)28(21)34-32-23-9-5-18(15-26(23)54(40,41)42)52-13-12-50-51-56(46,47)48/h5-10,15-17,37H,4,11,14,31H2,1-3H3,(H,40,41,42)(H,43,44,45)(H,46,47,48). The van der Waals surface area contributed by atoms with Gasteiger partial charge < -0.3 is 20.5 Å². The van der Waals surface area contributed by atoms with E-state index in [-0.39, 0.29) is 55.7 Å². The second-order valence-corrected chi connectivity index (χ2v) is 17.8. The number of phenols is 1. The lowest BCUT2D eigenvalue weighted by molar-refractivity contribution is -0.135. The third-order valence-corrected chi connectivity index (χ3v) is 11.8. The Hall–Kier alpha value is -4.95. The molecule has 0 heterocycles. The lowest BCUT2D eigenvalue weighted by Crippen LogP contribution is -2.25. The van der Waals surface area contributed by atoms with Gasteiger partial charge in [-0.05, 0) is 84.3 Å². The predicted octanol–water partition coefficient (Wildman–Crippen LogP) is 4.95. The second kappa shape index (κ2) is 17.5. The highest BCUT2D eigenvalue weighted by atomic mass is 32.3. The Morgan fingerprint density at radius 1 is 0.804 bits per heavy atom. The highest BCUT2D eigenvalue weighted by molar-refractivity contribution is 8.04. The van der Waals surface area contributed by atoms with Crippen LogP contribution >= 0.6 is 11.8 Å². The fraction of sp³-hybridized carbons (Fsp3) is 0.200. The number of sulfone groups is 1. The number of benzene rings is 4. The van der Waals surface area contributed by atoms with Crippen molar-refractivity contribution in [1.82, 2.24) is 4.90 Å². The van der Waals surface area contributed by atoms with Gasteiger partial charge in [-0.2, -0.15) is 25.3 Å². The van der Waals surface area contributed by atoms with Crippen molar-refractivity contribution < 1.29 is 66.4 Å². The van der Waals surface area contributed by atoms with Crippen molar-refractivity contribution >= 4 is 91.4 Å². The third kappa shape index (κ3) is 11.1. The van der Waals surface area contributed by atoms with E-state index in [2.05, 4.69) is 34.9 Å². The fourth-order valence-corrected chi connectivity index (χ4v) is 7.88. The molecule has 0 aliphatic rings. The van der Waals surface area contributed by atoms with E-state index in [1.165, 1.54) is 37.4 Å². The van der Waals surface area contributed by atoms with Crippen molar-refractivity contribution in [1.29, 1.82) is 0 Å². The molecule has 56 heavy (non-hydrogen) atoms. The van der Waals surface area contributed by atoms with Crippen molar-refractivity contribution in [2.75, 3.05) is 38.7 Å². The molecule has 4 aromatic carbocycles. The fourth-order valence-electron chi connectivity index (χ4n) is 4.53. The van der Waals surface area contributed by atoms with Crippen LogP contribution < -0.4 is 10.5 Å². The number of rotatable bonds is 15. The van der Waals surface area contributed by atoms with Crippen LogP contribution in [0, 0.1) is 11.4 Å². The molecule has 0 amide bonds. The summed E-state index contributed by atoms with van der Waals surface area (Å²) in [6.45, 7) is 2.71. The van der Waals surface area contributed by atoms with E-state index < -0.39 is 67.4 Å². The molecule has 0 atom stereocenters. The van der Waals surface area contributed by atoms with E-state index >= 15 is 0 Å². The smallest absolute Gasteiger partial charge is 0.433 e. The number of hydrogen-bond acceptors (Lipinski definition) is 19. The number of thioether (sulfide) groups is 1. The number of anilines is 1. The van der Waals surface area contributed by atoms with Gasteiger partial charge in [0.05, 0.1) is 23.4 Å². The Labute approximate surface area is 324 Å². The summed E-state index contributed by atoms with van der Waals surface area (Å²) in [5.74, 6) is -1.05. The topological polar surface area (TPSA) is 324 Å². The van der Waals surface area contributed by atoms with Gasteiger partial charge in [-0.25, -0.2) is 8.42 Å². The second-order valence-electron chi connectivity index (χ2n) is 11.1. The summed E-state index contributed by atoms with van der Waals surface area (Å²) in [6.07, 6.45) is 1.76. The summed E-state index contributed by atoms with van der Waals surface area (Å²) in [4.78, 5) is 3.87. The van der Waals surface area contributed by atoms with Crippen LogP contribution in [0.2, 0.25) is 0 Å². The van der Waals surface area contributed by atoms with Crippen molar-refractivity contribution in [3.63, 3.8) is 0 Å². The highest BCUT2D eigenvalue weighted by Crippen LogP contribution is 2.46. The largest absolute Gasteiger partial charge is 0.505 e. The van der Waals surface area contributed by atoms with Gasteiger partial charge in [0.1, 0.15) is 38.3 Å². The van der Waals surface area contributed by atoms with Gasteiger partial charge in [-0.1, -0.05) is 6.92 Å². The molecule has 4 aromatic rings. The zero-order valence-corrected chi connectivity index (χ0v) is 33.0. The van der Waals surface area contributed by atoms with Gasteiger partial charge in [0.2, 0.25) is 0 Å². The lowest BCUT2D eigenvalue weighted by atomic mass is 10.1. The molecule has 0 aliphatic heterocycles. The average Bonchev–Trinajstić information content (AvgIpc) is 3.11. The number of nitrogen functional groups attached to an aromatic ring is 1. The van der Waals surface area contributed by atoms with Crippen LogP contribution in [0.1, 0.15) is 6.92 Å². The molecule has 4 rings (SSSR count). The predicted molar refractivity (Wildman–Crippen MR) is 200 cm³/mol. The molecular weight excluding hydrogens is 845 g/mol. The Morgan fingerprint density at radius 3 is 2.09 bits per heavy atom. The van der Waals surface area contributed by atoms with Crippen molar-refractivity contribution in [3.05, 3.63) is 54.6 Å². The minimum absolute atomic E-state index is 0.0330. The van der Waals surface area contributed by atoms with Crippen molar-refractivity contribution in [3.8, 4) is 22.9 Å². The van der Waals surface area contributed by atoms with E-state index in [1.807, 2.05) is 6.92 Å². The first kappa shape index (κ1) is 43.8. The quantitative estimate of drug-likeness (QED) is 0.0201. The first-order chi connectivity index (χ1) is 26.1. The van der Waals surface area contributed by atoms with Crippen LogP contribution in [0.3, 0.4) is 0 Å². The van der Waals surface area contributed by atoms with Crippen molar-refractivity contribution in [2.45, 2.75) is 26.5 Å². The summed E-state index contributed by atoms with van der Waals surface area (Å²) < 4.78 is 134. The van der Waals surface area contributed by atoms with E-state index in [0.29, 0.717) is 18.3 Å². The molecular formula is C30H30N6O15S5. The molecule has 300 valence electrons. The molecule has 0 spiro atoms. The number of ether oxygens (including phenoxy) is 1. The molecule has 0 bridgehead atoms. The summed E-state index contributed by atoms with van der Waals surface area (Å²) in [6, 6.07) is 10.3. The third-order valence-electron chi connectivity index (χ3n) is 7.40. The summed E-state index contributed by atoms with van der Waals surface area (Å²) >= 11 is 0.575. The summed E-state index contributed by atoms with van der Waals surface area (Å²) in [5, 5.41) is 28.7. The molecule has 0 fully saturated rings. The van der Waals surface area contributed by atoms with E-state index in [0.717, 1.165) is 24.3 Å². The molecule has 26 heteroatoms. The Kier molecular flexibility index (Phi) is 13.6. The Balaban J connectivity index is 1.80. The van der Waals surface area contributed by atoms with Crippen LogP contribution in [0.5, 0.6) is 11.5 Å². The number of methoxy groups -OCH3 is 1. The van der Waals surface area contributed by atoms with Gasteiger partial charge >= 0.3 is 10.4 Å². The SMILES string of the molecule is CCN(C)CCS(=O)(=O)c1ccc(OC)c(N=Nc2c(S(=O)(=O)O)cc3c(N=Nc4ccc(SC#COOS(=O)(=O)O)cc4S(=O)(=O)O)c(N)ccc3c2O)c1. The van der Waals surface area contributed by atoms with Gasteiger partial charge in [-0.3, -0.25) is 18.5 Å². The van der Waals surface area contributed by atoms with Gasteiger partial charge in [-0.15, -0.1) is 20.5 Å². The number of phenolic OH excluding ortho intramolecular Hbond substituents is 1. The van der Waals surface area contributed by atoms with E-state index in [1.54, 1.807) is 18.1 Å². The van der Waals surface area contributed by atoms with Crippen LogP contribution in [0.15, 0.2) is 94.6 Å². The first-order valence-electron chi connectivity index (χ1n) is 15.1. The Morgan fingerprint density at radius 2 is 1.46 bits per heavy atom. The number of nitrogens with zero attached hydrogens (tertiary/aromatic N) is 5. The van der Waals surface area contributed by atoms with Gasteiger partial charge in [0.25, 0.3) is 20.2 Å². The molecule has 0 aromatic heterocycles. The molecule has 0 radical (unpaired) electrons. The molecule has 0 saturated carbocycles. The average molecular weight is 875 g/mol. The molecule has 21 nitrogen and oxygen atoms in total. The minimum Gasteiger partial charge on any atom is -0.505 e. The number of nitrogens with two attached hydrogens (primary N) is 1. The van der Waals surface area contributed by atoms with Crippen LogP contribution in [-0.4, -0.2) is 90.3 Å². The minimum atomic E-state index is -5.21. The van der Waals surface area contributed by atoms with Gasteiger partial charge in [0.15, 0.2) is 21.7 Å². The summed E-state index contributed by atoms with van der Waals surface area (Å²) in [5.41, 5.74) is 4.18. The molecule has 0 aliphatic carbocycles. The zero-order valence-electron chi connectivity index (χ0n) is 29.0. The summed E-state index contributed by atoms with van der Waals surface area (Å²) in [7, 11) is -16.0. The molecule has 6 N–H and O–H groups in total. The lowest BCUT2D eigenvalue weighted by Gasteiger charge is -2.14.